The van der Waals surface area contributed by atoms with E-state index in [0.29, 0.717) is 32.9 Å². The molecule has 1 atom stereocenters. The number of urea groups is 1. The van der Waals surface area contributed by atoms with Crippen LogP contribution in [0.25, 0.3) is 0 Å². The minimum Gasteiger partial charge on any atom is -0.493 e. The second-order valence-electron chi connectivity index (χ2n) is 6.09. The molecule has 8 nitrogen and oxygen atoms in total. The standard InChI is InChI=1S/C19H19Cl2N3O5/c1-27-16-5-3-4-15(17(16)28-2)23-18(25)22-9-12-10-24(19(26)29-12)11-6-7-13(20)14(21)8-11/h3-8,12H,9-10H2,1-2H3,(H2,22,23,25)/t12-/m0/s1. The molecule has 0 saturated carbocycles. The third-order valence-corrected chi connectivity index (χ3v) is 4.97. The summed E-state index contributed by atoms with van der Waals surface area (Å²) < 4.78 is 15.8. The van der Waals surface area contributed by atoms with Gasteiger partial charge in [-0.25, -0.2) is 9.59 Å². The molecule has 1 aliphatic rings. The lowest BCUT2D eigenvalue weighted by Gasteiger charge is -2.15. The topological polar surface area (TPSA) is 89.1 Å². The number of rotatable bonds is 6. The van der Waals surface area contributed by atoms with Crippen molar-refractivity contribution in [3.63, 3.8) is 0 Å². The van der Waals surface area contributed by atoms with Crippen LogP contribution in [0, 0.1) is 0 Å². The third-order valence-electron chi connectivity index (χ3n) is 4.23. The molecule has 0 aromatic heterocycles. The number of halogens is 2. The highest BCUT2D eigenvalue weighted by Gasteiger charge is 2.32. The van der Waals surface area contributed by atoms with Gasteiger partial charge < -0.3 is 24.8 Å². The first-order valence-electron chi connectivity index (χ1n) is 8.62. The number of hydrogen-bond acceptors (Lipinski definition) is 5. The van der Waals surface area contributed by atoms with E-state index in [-0.39, 0.29) is 13.1 Å². The summed E-state index contributed by atoms with van der Waals surface area (Å²) in [5.41, 5.74) is 1.02. The summed E-state index contributed by atoms with van der Waals surface area (Å²) in [4.78, 5) is 25.8. The zero-order valence-electron chi connectivity index (χ0n) is 15.7. The van der Waals surface area contributed by atoms with Crippen LogP contribution in [0.5, 0.6) is 11.5 Å². The van der Waals surface area contributed by atoms with E-state index in [2.05, 4.69) is 10.6 Å². The van der Waals surface area contributed by atoms with Crippen LogP contribution >= 0.6 is 23.2 Å². The molecule has 1 aliphatic heterocycles. The molecule has 2 aromatic rings. The Morgan fingerprint density at radius 1 is 1.21 bits per heavy atom. The number of methoxy groups -OCH3 is 2. The van der Waals surface area contributed by atoms with Crippen molar-refractivity contribution in [2.24, 2.45) is 0 Å². The van der Waals surface area contributed by atoms with Gasteiger partial charge >= 0.3 is 12.1 Å². The van der Waals surface area contributed by atoms with Crippen LogP contribution in [-0.2, 0) is 4.74 Å². The summed E-state index contributed by atoms with van der Waals surface area (Å²) in [5, 5.41) is 6.10. The summed E-state index contributed by atoms with van der Waals surface area (Å²) in [6, 6.07) is 9.52. The number of nitrogens with one attached hydrogen (secondary N) is 2. The lowest BCUT2D eigenvalue weighted by molar-refractivity contribution is 0.141. The van der Waals surface area contributed by atoms with Gasteiger partial charge in [0.25, 0.3) is 0 Å². The molecule has 0 unspecified atom stereocenters. The van der Waals surface area contributed by atoms with E-state index < -0.39 is 18.2 Å². The Labute approximate surface area is 177 Å². The number of carbonyl (C=O) groups excluding carboxylic acids is 2. The molecule has 0 spiro atoms. The molecule has 2 N–H and O–H groups in total. The van der Waals surface area contributed by atoms with E-state index in [1.54, 1.807) is 36.4 Å². The fourth-order valence-electron chi connectivity index (χ4n) is 2.85. The van der Waals surface area contributed by atoms with Gasteiger partial charge in [-0.15, -0.1) is 0 Å². The SMILES string of the molecule is COc1cccc(NC(=O)NC[C@H]2CN(c3ccc(Cl)c(Cl)c3)C(=O)O2)c1OC. The van der Waals surface area contributed by atoms with Gasteiger partial charge in [0.2, 0.25) is 0 Å². The molecule has 1 heterocycles. The van der Waals surface area contributed by atoms with E-state index in [4.69, 9.17) is 37.4 Å². The quantitative estimate of drug-likeness (QED) is 0.705. The highest BCUT2D eigenvalue weighted by molar-refractivity contribution is 6.42. The summed E-state index contributed by atoms with van der Waals surface area (Å²) in [6.45, 7) is 0.390. The number of amides is 3. The van der Waals surface area contributed by atoms with Crippen LogP contribution in [0.2, 0.25) is 10.0 Å². The average Bonchev–Trinajstić information content (AvgIpc) is 3.09. The van der Waals surface area contributed by atoms with E-state index >= 15 is 0 Å². The molecular weight excluding hydrogens is 421 g/mol. The zero-order chi connectivity index (χ0) is 21.0. The smallest absolute Gasteiger partial charge is 0.414 e. The predicted octanol–water partition coefficient (Wildman–Crippen LogP) is 4.16. The first kappa shape index (κ1) is 20.9. The Bertz CT molecular complexity index is 925. The maximum Gasteiger partial charge on any atom is 0.414 e. The van der Waals surface area contributed by atoms with E-state index in [0.717, 1.165) is 0 Å². The molecular formula is C19H19Cl2N3O5. The van der Waals surface area contributed by atoms with Crippen LogP contribution in [0.3, 0.4) is 0 Å². The Kier molecular flexibility index (Phi) is 6.56. The molecule has 0 bridgehead atoms. The van der Waals surface area contributed by atoms with Gasteiger partial charge in [0.05, 0.1) is 43.0 Å². The van der Waals surface area contributed by atoms with Crippen molar-refractivity contribution in [3.05, 3.63) is 46.4 Å². The highest BCUT2D eigenvalue weighted by Crippen LogP contribution is 2.34. The normalized spacial score (nSPS) is 15.7. The lowest BCUT2D eigenvalue weighted by atomic mass is 10.2. The van der Waals surface area contributed by atoms with Crippen molar-refractivity contribution < 1.29 is 23.8 Å². The number of benzene rings is 2. The molecule has 0 aliphatic carbocycles. The zero-order valence-corrected chi connectivity index (χ0v) is 17.2. The lowest BCUT2D eigenvalue weighted by Crippen LogP contribution is -2.37. The van der Waals surface area contributed by atoms with E-state index in [1.165, 1.54) is 19.1 Å². The molecule has 3 amide bonds. The second-order valence-corrected chi connectivity index (χ2v) is 6.91. The predicted molar refractivity (Wildman–Crippen MR) is 111 cm³/mol. The van der Waals surface area contributed by atoms with Crippen molar-refractivity contribution in [1.82, 2.24) is 5.32 Å². The molecule has 3 rings (SSSR count). The van der Waals surface area contributed by atoms with Crippen molar-refractivity contribution in [3.8, 4) is 11.5 Å². The van der Waals surface area contributed by atoms with Crippen LogP contribution in [0.15, 0.2) is 36.4 Å². The summed E-state index contributed by atoms with van der Waals surface area (Å²) >= 11 is 11.9. The first-order chi connectivity index (χ1) is 13.9. The largest absolute Gasteiger partial charge is 0.493 e. The van der Waals surface area contributed by atoms with Gasteiger partial charge in [-0.1, -0.05) is 29.3 Å². The van der Waals surface area contributed by atoms with E-state index in [1.807, 2.05) is 0 Å². The Morgan fingerprint density at radius 2 is 2.00 bits per heavy atom. The van der Waals surface area contributed by atoms with Gasteiger partial charge in [0, 0.05) is 5.69 Å². The van der Waals surface area contributed by atoms with Crippen LogP contribution in [-0.4, -0.2) is 45.5 Å². The fourth-order valence-corrected chi connectivity index (χ4v) is 3.14. The minimum atomic E-state index is -0.523. The molecule has 154 valence electrons. The number of nitrogens with zero attached hydrogens (tertiary/aromatic N) is 1. The molecule has 0 radical (unpaired) electrons. The Hall–Kier alpha value is -2.84. The van der Waals surface area contributed by atoms with Crippen molar-refractivity contribution >= 4 is 46.7 Å². The number of carbonyl (C=O) groups is 2. The van der Waals surface area contributed by atoms with Crippen molar-refractivity contribution in [1.29, 1.82) is 0 Å². The maximum atomic E-state index is 12.2. The number of hydrogen-bond donors (Lipinski definition) is 2. The van der Waals surface area contributed by atoms with Crippen LogP contribution in [0.1, 0.15) is 0 Å². The van der Waals surface area contributed by atoms with E-state index in [9.17, 15) is 9.59 Å². The second kappa shape index (κ2) is 9.11. The van der Waals surface area contributed by atoms with Gasteiger partial charge in [-0.05, 0) is 30.3 Å². The maximum absolute atomic E-state index is 12.2. The first-order valence-corrected chi connectivity index (χ1v) is 9.37. The summed E-state index contributed by atoms with van der Waals surface area (Å²) in [5.74, 6) is 0.899. The minimum absolute atomic E-state index is 0.127. The highest BCUT2D eigenvalue weighted by atomic mass is 35.5. The molecule has 2 aromatic carbocycles. The van der Waals surface area contributed by atoms with Crippen LogP contribution < -0.4 is 25.0 Å². The van der Waals surface area contributed by atoms with Gasteiger partial charge in [-0.2, -0.15) is 0 Å². The molecule has 1 saturated heterocycles. The van der Waals surface area contributed by atoms with Crippen molar-refractivity contribution in [2.45, 2.75) is 6.10 Å². The molecule has 10 heteroatoms. The van der Waals surface area contributed by atoms with Crippen LogP contribution in [0.4, 0.5) is 21.0 Å². The molecule has 1 fully saturated rings. The third kappa shape index (κ3) is 4.78. The Balaban J connectivity index is 1.57. The molecule has 29 heavy (non-hydrogen) atoms. The average molecular weight is 440 g/mol. The van der Waals surface area contributed by atoms with Gasteiger partial charge in [0.15, 0.2) is 11.5 Å². The number of ether oxygens (including phenoxy) is 3. The fraction of sp³-hybridized carbons (Fsp3) is 0.263. The van der Waals surface area contributed by atoms with Gasteiger partial charge in [-0.3, -0.25) is 4.90 Å². The number of anilines is 2. The Morgan fingerprint density at radius 3 is 2.69 bits per heavy atom. The van der Waals surface area contributed by atoms with Crippen molar-refractivity contribution in [2.75, 3.05) is 37.5 Å². The monoisotopic (exact) mass is 439 g/mol. The summed E-state index contributed by atoms with van der Waals surface area (Å²) in [7, 11) is 2.99. The van der Waals surface area contributed by atoms with Gasteiger partial charge in [0.1, 0.15) is 6.10 Å². The number of cyclic esters (lactones) is 1. The number of para-hydroxylation sites is 1. The summed E-state index contributed by atoms with van der Waals surface area (Å²) in [6.07, 6.45) is -1.04.